The van der Waals surface area contributed by atoms with Gasteiger partial charge < -0.3 is 16.2 Å². The topological polar surface area (TPSA) is 88.2 Å². The number of anilines is 1. The van der Waals surface area contributed by atoms with Crippen LogP contribution in [0.5, 0.6) is 5.75 Å². The molecule has 0 aliphatic rings. The third kappa shape index (κ3) is 3.38. The maximum Gasteiger partial charge on any atom is 0.252 e. The first-order valence-corrected chi connectivity index (χ1v) is 8.33. The second kappa shape index (κ2) is 6.72. The zero-order valence-electron chi connectivity index (χ0n) is 13.1. The molecule has 0 aliphatic heterocycles. The van der Waals surface area contributed by atoms with Crippen LogP contribution in [-0.2, 0) is 0 Å². The van der Waals surface area contributed by atoms with Crippen LogP contribution in [0.25, 0.3) is 11.3 Å². The molecule has 1 atom stereocenters. The average Bonchev–Trinajstić information content (AvgIpc) is 3.04. The molecule has 0 spiro atoms. The molecule has 4 N–H and O–H groups in total. The fourth-order valence-corrected chi connectivity index (χ4v) is 3.18. The molecule has 0 unspecified atom stereocenters. The van der Waals surface area contributed by atoms with Crippen molar-refractivity contribution in [3.05, 3.63) is 65.0 Å². The summed E-state index contributed by atoms with van der Waals surface area (Å²) in [5.74, 6) is -0.793. The highest BCUT2D eigenvalue weighted by atomic mass is 32.1. The van der Waals surface area contributed by atoms with Crippen molar-refractivity contribution in [1.82, 2.24) is 4.98 Å². The third-order valence-corrected chi connectivity index (χ3v) is 4.48. The van der Waals surface area contributed by atoms with Crippen LogP contribution in [0.15, 0.2) is 53.9 Å². The maximum absolute atomic E-state index is 11.3. The Bertz CT molecular complexity index is 862. The summed E-state index contributed by atoms with van der Waals surface area (Å²) < 4.78 is 0. The van der Waals surface area contributed by atoms with Gasteiger partial charge in [0.1, 0.15) is 5.75 Å². The van der Waals surface area contributed by atoms with Gasteiger partial charge in [0.2, 0.25) is 0 Å². The first kappa shape index (κ1) is 16.0. The van der Waals surface area contributed by atoms with Crippen molar-refractivity contribution >= 4 is 22.4 Å². The van der Waals surface area contributed by atoms with Gasteiger partial charge in [0.05, 0.1) is 17.3 Å². The predicted octanol–water partition coefficient (Wildman–Crippen LogP) is 3.79. The summed E-state index contributed by atoms with van der Waals surface area (Å²) in [6.45, 7) is 2.07. The molecule has 3 aromatic rings. The van der Waals surface area contributed by atoms with Crippen LogP contribution >= 0.6 is 11.3 Å². The number of carbonyl (C=O) groups is 1. The van der Waals surface area contributed by atoms with Gasteiger partial charge in [-0.15, -0.1) is 11.3 Å². The van der Waals surface area contributed by atoms with Crippen molar-refractivity contribution in [3.8, 4) is 17.0 Å². The molecule has 5 nitrogen and oxygen atoms in total. The normalized spacial score (nSPS) is 11.9. The summed E-state index contributed by atoms with van der Waals surface area (Å²) in [6.07, 6.45) is 0. The van der Waals surface area contributed by atoms with E-state index in [0.717, 1.165) is 16.4 Å². The summed E-state index contributed by atoms with van der Waals surface area (Å²) in [5, 5.41) is 15.7. The lowest BCUT2D eigenvalue weighted by atomic mass is 10.1. The van der Waals surface area contributed by atoms with E-state index in [4.69, 9.17) is 5.73 Å². The van der Waals surface area contributed by atoms with Gasteiger partial charge >= 0.3 is 0 Å². The van der Waals surface area contributed by atoms with Crippen molar-refractivity contribution in [2.24, 2.45) is 5.73 Å². The Hall–Kier alpha value is -2.86. The molecule has 0 saturated carbocycles. The van der Waals surface area contributed by atoms with Crippen molar-refractivity contribution < 1.29 is 9.90 Å². The van der Waals surface area contributed by atoms with Crippen LogP contribution in [0.3, 0.4) is 0 Å². The van der Waals surface area contributed by atoms with Gasteiger partial charge in [-0.05, 0) is 30.7 Å². The molecule has 3 rings (SSSR count). The summed E-state index contributed by atoms with van der Waals surface area (Å²) in [6, 6.07) is 15.0. The Morgan fingerprint density at radius 2 is 2.00 bits per heavy atom. The molecule has 122 valence electrons. The van der Waals surface area contributed by atoms with Crippen LogP contribution in [0.4, 0.5) is 5.13 Å². The third-order valence-electron chi connectivity index (χ3n) is 3.70. The molecule has 1 heterocycles. The van der Waals surface area contributed by atoms with Crippen LogP contribution in [0, 0.1) is 0 Å². The minimum atomic E-state index is -0.666. The number of nitrogens with one attached hydrogen (secondary N) is 1. The van der Waals surface area contributed by atoms with E-state index in [1.807, 2.05) is 23.6 Å². The summed E-state index contributed by atoms with van der Waals surface area (Å²) in [4.78, 5) is 15.9. The highest BCUT2D eigenvalue weighted by molar-refractivity contribution is 7.14. The van der Waals surface area contributed by atoms with Gasteiger partial charge in [-0.3, -0.25) is 4.79 Å². The largest absolute Gasteiger partial charge is 0.507 e. The number of hydrogen-bond donors (Lipinski definition) is 3. The Labute approximate surface area is 143 Å². The number of amides is 1. The summed E-state index contributed by atoms with van der Waals surface area (Å²) in [7, 11) is 0. The minimum Gasteiger partial charge on any atom is -0.507 e. The number of carbonyl (C=O) groups excluding carboxylic acids is 1. The second-order valence-electron chi connectivity index (χ2n) is 5.41. The Morgan fingerprint density at radius 1 is 1.25 bits per heavy atom. The molecule has 0 saturated heterocycles. The van der Waals surface area contributed by atoms with Gasteiger partial charge in [-0.25, -0.2) is 4.98 Å². The Kier molecular flexibility index (Phi) is 4.48. The number of phenols is 1. The predicted molar refractivity (Wildman–Crippen MR) is 96.2 cm³/mol. The molecule has 2 aromatic carbocycles. The number of nitrogens with two attached hydrogens (primary N) is 1. The van der Waals surface area contributed by atoms with Crippen LogP contribution < -0.4 is 11.1 Å². The Balaban J connectivity index is 1.81. The average molecular weight is 339 g/mol. The van der Waals surface area contributed by atoms with E-state index in [1.54, 1.807) is 12.1 Å². The number of aromatic hydroxyl groups is 1. The monoisotopic (exact) mass is 339 g/mol. The number of primary amides is 1. The first-order valence-electron chi connectivity index (χ1n) is 7.45. The maximum atomic E-state index is 11.3. The van der Waals surface area contributed by atoms with Crippen molar-refractivity contribution in [2.45, 2.75) is 13.0 Å². The fraction of sp³-hybridized carbons (Fsp3) is 0.111. The molecular formula is C18H17N3O2S. The standard InChI is InChI=1S/C18H17N3O2S/c1-11(12-5-3-2-4-6-12)20-18-21-15(10-24-18)13-7-8-16(22)14(9-13)17(19)23/h2-11,22H,1H3,(H2,19,23)(H,20,21)/t11-/m0/s1. The Morgan fingerprint density at radius 3 is 2.71 bits per heavy atom. The van der Waals surface area contributed by atoms with Crippen LogP contribution in [0.2, 0.25) is 0 Å². The van der Waals surface area contributed by atoms with Gasteiger partial charge in [0.25, 0.3) is 5.91 Å². The van der Waals surface area contributed by atoms with Crippen molar-refractivity contribution in [2.75, 3.05) is 5.32 Å². The van der Waals surface area contributed by atoms with Gasteiger partial charge in [-0.2, -0.15) is 0 Å². The minimum absolute atomic E-state index is 0.0904. The zero-order valence-corrected chi connectivity index (χ0v) is 13.9. The molecule has 0 fully saturated rings. The number of benzene rings is 2. The number of thiazole rings is 1. The SMILES string of the molecule is C[C@H](Nc1nc(-c2ccc(O)c(C(N)=O)c2)cs1)c1ccccc1. The lowest BCUT2D eigenvalue weighted by Gasteiger charge is -2.12. The molecule has 6 heteroatoms. The second-order valence-corrected chi connectivity index (χ2v) is 6.27. The molecule has 1 amide bonds. The van der Waals surface area contributed by atoms with E-state index in [9.17, 15) is 9.90 Å². The van der Waals surface area contributed by atoms with Crippen molar-refractivity contribution in [1.29, 1.82) is 0 Å². The van der Waals surface area contributed by atoms with E-state index >= 15 is 0 Å². The smallest absolute Gasteiger partial charge is 0.252 e. The summed E-state index contributed by atoms with van der Waals surface area (Å²) >= 11 is 1.48. The van der Waals surface area contributed by atoms with Crippen LogP contribution in [0.1, 0.15) is 28.9 Å². The molecule has 1 aromatic heterocycles. The van der Waals surface area contributed by atoms with E-state index in [2.05, 4.69) is 29.4 Å². The number of aromatic nitrogens is 1. The number of rotatable bonds is 5. The van der Waals surface area contributed by atoms with E-state index < -0.39 is 5.91 Å². The lowest BCUT2D eigenvalue weighted by molar-refractivity contribution is 0.0998. The molecule has 24 heavy (non-hydrogen) atoms. The van der Waals surface area contributed by atoms with Crippen LogP contribution in [-0.4, -0.2) is 16.0 Å². The highest BCUT2D eigenvalue weighted by Crippen LogP contribution is 2.30. The number of nitrogens with zero attached hydrogens (tertiary/aromatic N) is 1. The molecule has 0 aliphatic carbocycles. The first-order chi connectivity index (χ1) is 11.5. The molecular weight excluding hydrogens is 322 g/mol. The van der Waals surface area contributed by atoms with E-state index in [-0.39, 0.29) is 17.4 Å². The fourth-order valence-electron chi connectivity index (χ4n) is 2.38. The van der Waals surface area contributed by atoms with E-state index in [1.165, 1.54) is 23.0 Å². The number of hydrogen-bond acceptors (Lipinski definition) is 5. The zero-order chi connectivity index (χ0) is 17.1. The van der Waals surface area contributed by atoms with Gasteiger partial charge in [0.15, 0.2) is 5.13 Å². The highest BCUT2D eigenvalue weighted by Gasteiger charge is 2.12. The van der Waals surface area contributed by atoms with E-state index in [0.29, 0.717) is 0 Å². The lowest BCUT2D eigenvalue weighted by Crippen LogP contribution is -2.11. The molecule has 0 bridgehead atoms. The summed E-state index contributed by atoms with van der Waals surface area (Å²) in [5.41, 5.74) is 8.00. The van der Waals surface area contributed by atoms with Gasteiger partial charge in [-0.1, -0.05) is 30.3 Å². The molecule has 0 radical (unpaired) electrons. The quantitative estimate of drug-likeness (QED) is 0.660. The van der Waals surface area contributed by atoms with Gasteiger partial charge in [0, 0.05) is 10.9 Å². The van der Waals surface area contributed by atoms with Crippen molar-refractivity contribution in [3.63, 3.8) is 0 Å².